The van der Waals surface area contributed by atoms with Gasteiger partial charge in [-0.25, -0.2) is 13.2 Å². The monoisotopic (exact) mass is 288 g/mol. The van der Waals surface area contributed by atoms with Crippen molar-refractivity contribution in [3.8, 4) is 11.5 Å². The summed E-state index contributed by atoms with van der Waals surface area (Å²) in [4.78, 5) is 0. The van der Waals surface area contributed by atoms with E-state index in [1.54, 1.807) is 0 Å². The molecule has 2 nitrogen and oxygen atoms in total. The van der Waals surface area contributed by atoms with Gasteiger partial charge in [-0.15, -0.1) is 0 Å². The minimum atomic E-state index is -0.987. The molecule has 0 atom stereocenters. The summed E-state index contributed by atoms with van der Waals surface area (Å²) < 4.78 is 45.2. The quantitative estimate of drug-likeness (QED) is 0.923. The second-order valence-corrected chi connectivity index (χ2v) is 4.13. The van der Waals surface area contributed by atoms with Crippen LogP contribution >= 0.6 is 11.6 Å². The Labute approximate surface area is 112 Å². The molecule has 0 aliphatic rings. The van der Waals surface area contributed by atoms with Gasteiger partial charge in [-0.05, 0) is 29.8 Å². The van der Waals surface area contributed by atoms with Gasteiger partial charge in [0.25, 0.3) is 0 Å². The molecule has 0 bridgehead atoms. The number of halogens is 4. The number of rotatable bonds is 3. The lowest BCUT2D eigenvalue weighted by Gasteiger charge is -2.09. The second-order valence-electron chi connectivity index (χ2n) is 3.72. The smallest absolute Gasteiger partial charge is 0.198 e. The van der Waals surface area contributed by atoms with Gasteiger partial charge in [-0.1, -0.05) is 11.6 Å². The van der Waals surface area contributed by atoms with E-state index < -0.39 is 29.8 Å². The van der Waals surface area contributed by atoms with Gasteiger partial charge >= 0.3 is 0 Å². The van der Waals surface area contributed by atoms with Gasteiger partial charge < -0.3 is 9.84 Å². The Hall–Kier alpha value is -1.72. The molecule has 100 valence electrons. The van der Waals surface area contributed by atoms with E-state index in [0.29, 0.717) is 0 Å². The third-order valence-electron chi connectivity index (χ3n) is 2.35. The highest BCUT2D eigenvalue weighted by molar-refractivity contribution is 6.30. The number of hydrogen-bond donors (Lipinski definition) is 1. The van der Waals surface area contributed by atoms with Crippen LogP contribution in [0.5, 0.6) is 11.5 Å². The molecule has 0 aliphatic carbocycles. The molecule has 2 rings (SSSR count). The molecular weight excluding hydrogens is 281 g/mol. The van der Waals surface area contributed by atoms with Crippen LogP contribution in [0, 0.1) is 17.5 Å². The van der Waals surface area contributed by atoms with E-state index >= 15 is 0 Å². The highest BCUT2D eigenvalue weighted by Crippen LogP contribution is 2.30. The van der Waals surface area contributed by atoms with Crippen LogP contribution in [-0.2, 0) is 6.61 Å². The fraction of sp³-hybridized carbons (Fsp3) is 0.0769. The molecule has 6 heteroatoms. The molecule has 0 saturated heterocycles. The molecule has 2 aromatic carbocycles. The average Bonchev–Trinajstić information content (AvgIpc) is 2.37. The maximum atomic E-state index is 13.6. The Balaban J connectivity index is 2.35. The van der Waals surface area contributed by atoms with Crippen molar-refractivity contribution in [2.75, 3.05) is 0 Å². The van der Waals surface area contributed by atoms with Crippen LogP contribution in [0.15, 0.2) is 30.3 Å². The molecule has 1 N–H and O–H groups in total. The fourth-order valence-electron chi connectivity index (χ4n) is 1.46. The van der Waals surface area contributed by atoms with Crippen molar-refractivity contribution in [1.82, 2.24) is 0 Å². The summed E-state index contributed by atoms with van der Waals surface area (Å²) in [5.41, 5.74) is 0.0737. The fourth-order valence-corrected chi connectivity index (χ4v) is 1.58. The van der Waals surface area contributed by atoms with Crippen molar-refractivity contribution >= 4 is 11.6 Å². The van der Waals surface area contributed by atoms with Gasteiger partial charge in [0.1, 0.15) is 11.6 Å². The summed E-state index contributed by atoms with van der Waals surface area (Å²) in [6.45, 7) is -0.496. The van der Waals surface area contributed by atoms with Gasteiger partial charge in [0.15, 0.2) is 17.4 Å². The highest BCUT2D eigenvalue weighted by atomic mass is 35.5. The van der Waals surface area contributed by atoms with Crippen molar-refractivity contribution in [1.29, 1.82) is 0 Å². The average molecular weight is 289 g/mol. The van der Waals surface area contributed by atoms with Crippen molar-refractivity contribution in [2.24, 2.45) is 0 Å². The lowest BCUT2D eigenvalue weighted by Crippen LogP contribution is -1.96. The van der Waals surface area contributed by atoms with Crippen molar-refractivity contribution in [3.05, 3.63) is 58.4 Å². The van der Waals surface area contributed by atoms with Crippen LogP contribution in [0.1, 0.15) is 5.56 Å². The SMILES string of the molecule is OCc1cc(F)c(Oc2ccc(Cl)c(F)c2)c(F)c1. The number of benzene rings is 2. The summed E-state index contributed by atoms with van der Waals surface area (Å²) in [5.74, 6) is -3.49. The van der Waals surface area contributed by atoms with Crippen LogP contribution in [-0.4, -0.2) is 5.11 Å². The summed E-state index contributed by atoms with van der Waals surface area (Å²) >= 11 is 5.48. The third-order valence-corrected chi connectivity index (χ3v) is 2.66. The van der Waals surface area contributed by atoms with Crippen molar-refractivity contribution in [3.63, 3.8) is 0 Å². The van der Waals surface area contributed by atoms with Gasteiger partial charge in [0.05, 0.1) is 11.6 Å². The van der Waals surface area contributed by atoms with E-state index in [1.807, 2.05) is 0 Å². The summed E-state index contributed by atoms with van der Waals surface area (Å²) in [5, 5.41) is 8.67. The molecule has 0 aromatic heterocycles. The molecule has 0 unspecified atom stereocenters. The molecule has 2 aromatic rings. The van der Waals surface area contributed by atoms with Crippen LogP contribution < -0.4 is 4.74 Å². The summed E-state index contributed by atoms with van der Waals surface area (Å²) in [6.07, 6.45) is 0. The van der Waals surface area contributed by atoms with E-state index in [0.717, 1.165) is 18.2 Å². The Morgan fingerprint density at radius 3 is 2.16 bits per heavy atom. The molecule has 0 heterocycles. The van der Waals surface area contributed by atoms with E-state index in [-0.39, 0.29) is 16.3 Å². The largest absolute Gasteiger partial charge is 0.451 e. The first kappa shape index (κ1) is 13.7. The number of aliphatic hydroxyl groups excluding tert-OH is 1. The molecule has 19 heavy (non-hydrogen) atoms. The lowest BCUT2D eigenvalue weighted by atomic mass is 10.2. The first-order chi connectivity index (χ1) is 9.01. The van der Waals surface area contributed by atoms with E-state index in [1.165, 1.54) is 12.1 Å². The second kappa shape index (κ2) is 5.50. The van der Waals surface area contributed by atoms with E-state index in [2.05, 4.69) is 0 Å². The maximum Gasteiger partial charge on any atom is 0.198 e. The molecule has 0 spiro atoms. The Morgan fingerprint density at radius 1 is 1.00 bits per heavy atom. The molecular formula is C13H8ClF3O2. The third kappa shape index (κ3) is 3.00. The Bertz CT molecular complexity index is 594. The van der Waals surface area contributed by atoms with Crippen LogP contribution in [0.25, 0.3) is 0 Å². The topological polar surface area (TPSA) is 29.5 Å². The van der Waals surface area contributed by atoms with Gasteiger partial charge in [-0.3, -0.25) is 0 Å². The van der Waals surface area contributed by atoms with Gasteiger partial charge in [0, 0.05) is 6.07 Å². The molecule has 0 amide bonds. The lowest BCUT2D eigenvalue weighted by molar-refractivity contribution is 0.279. The van der Waals surface area contributed by atoms with E-state index in [9.17, 15) is 13.2 Å². The minimum absolute atomic E-state index is 0.0737. The zero-order chi connectivity index (χ0) is 14.0. The predicted octanol–water partition coefficient (Wildman–Crippen LogP) is 4.04. The van der Waals surface area contributed by atoms with E-state index in [4.69, 9.17) is 21.4 Å². The van der Waals surface area contributed by atoms with Crippen molar-refractivity contribution in [2.45, 2.75) is 6.61 Å². The molecule has 0 saturated carbocycles. The molecule has 0 radical (unpaired) electrons. The number of hydrogen-bond acceptors (Lipinski definition) is 2. The number of aliphatic hydroxyl groups is 1. The standard InChI is InChI=1S/C13H8ClF3O2/c14-9-2-1-8(5-10(9)15)19-13-11(16)3-7(6-18)4-12(13)17/h1-5,18H,6H2. The first-order valence-electron chi connectivity index (χ1n) is 5.23. The Kier molecular flexibility index (Phi) is 3.97. The minimum Gasteiger partial charge on any atom is -0.451 e. The maximum absolute atomic E-state index is 13.6. The summed E-state index contributed by atoms with van der Waals surface area (Å²) in [7, 11) is 0. The molecule has 0 fully saturated rings. The van der Waals surface area contributed by atoms with Crippen LogP contribution in [0.4, 0.5) is 13.2 Å². The normalized spacial score (nSPS) is 10.6. The first-order valence-corrected chi connectivity index (χ1v) is 5.60. The zero-order valence-corrected chi connectivity index (χ0v) is 10.2. The Morgan fingerprint density at radius 2 is 1.63 bits per heavy atom. The van der Waals surface area contributed by atoms with Gasteiger partial charge in [-0.2, -0.15) is 0 Å². The predicted molar refractivity (Wildman–Crippen MR) is 63.8 cm³/mol. The number of ether oxygens (including phenoxy) is 1. The zero-order valence-electron chi connectivity index (χ0n) is 9.46. The molecule has 0 aliphatic heterocycles. The van der Waals surface area contributed by atoms with Crippen molar-refractivity contribution < 1.29 is 23.0 Å². The highest BCUT2D eigenvalue weighted by Gasteiger charge is 2.14. The van der Waals surface area contributed by atoms with Gasteiger partial charge in [0.2, 0.25) is 0 Å². The summed E-state index contributed by atoms with van der Waals surface area (Å²) in [6, 6.07) is 5.28. The van der Waals surface area contributed by atoms with Crippen LogP contribution in [0.2, 0.25) is 5.02 Å². The van der Waals surface area contributed by atoms with Crippen LogP contribution in [0.3, 0.4) is 0 Å².